The fourth-order valence-corrected chi connectivity index (χ4v) is 4.58. The van der Waals surface area contributed by atoms with Crippen molar-refractivity contribution in [3.63, 3.8) is 0 Å². The second-order valence-corrected chi connectivity index (χ2v) is 8.68. The molecule has 1 aromatic carbocycles. The van der Waals surface area contributed by atoms with E-state index in [2.05, 4.69) is 22.4 Å². The second kappa shape index (κ2) is 5.67. The van der Waals surface area contributed by atoms with Crippen LogP contribution in [0.15, 0.2) is 22.6 Å². The van der Waals surface area contributed by atoms with E-state index >= 15 is 0 Å². The first-order valence-corrected chi connectivity index (χ1v) is 9.49. The number of hydrogen-bond acceptors (Lipinski definition) is 5. The van der Waals surface area contributed by atoms with Crippen LogP contribution in [0.3, 0.4) is 0 Å². The lowest BCUT2D eigenvalue weighted by Crippen LogP contribution is -2.77. The highest BCUT2D eigenvalue weighted by molar-refractivity contribution is 6.30. The fraction of sp³-hybridized carbons (Fsp3) is 0.526. The van der Waals surface area contributed by atoms with Crippen molar-refractivity contribution in [2.45, 2.75) is 49.5 Å². The Morgan fingerprint density at radius 1 is 1.41 bits per heavy atom. The summed E-state index contributed by atoms with van der Waals surface area (Å²) in [4.78, 5) is 12.2. The van der Waals surface area contributed by atoms with Gasteiger partial charge in [-0.1, -0.05) is 18.5 Å². The van der Waals surface area contributed by atoms with Crippen LogP contribution in [-0.4, -0.2) is 28.3 Å². The summed E-state index contributed by atoms with van der Waals surface area (Å²) in [5.41, 5.74) is -0.274. The molecule has 142 valence electrons. The molecule has 0 spiro atoms. The largest absolute Gasteiger partial charge is 0.484 e. The zero-order valence-electron chi connectivity index (χ0n) is 14.8. The first kappa shape index (κ1) is 17.0. The molecule has 1 heterocycles. The molecule has 4 aliphatic carbocycles. The maximum Gasteiger partial charge on any atom is 0.258 e. The van der Waals surface area contributed by atoms with Gasteiger partial charge in [0.2, 0.25) is 11.8 Å². The quantitative estimate of drug-likeness (QED) is 0.817. The van der Waals surface area contributed by atoms with Crippen molar-refractivity contribution >= 4 is 17.5 Å². The van der Waals surface area contributed by atoms with Crippen molar-refractivity contribution in [2.75, 3.05) is 6.61 Å². The SMILES string of the molecule is C[C@H]1CC1c1nnc(C23CC(NC(=O)COc4ccc(Cl)c(F)c4)(C2)C3)o1. The van der Waals surface area contributed by atoms with Crippen LogP contribution < -0.4 is 10.1 Å². The highest BCUT2D eigenvalue weighted by Crippen LogP contribution is 2.67. The summed E-state index contributed by atoms with van der Waals surface area (Å²) >= 11 is 5.63. The highest BCUT2D eigenvalue weighted by Gasteiger charge is 2.72. The molecule has 2 aromatic rings. The Balaban J connectivity index is 1.13. The number of carbonyl (C=O) groups is 1. The third-order valence-electron chi connectivity index (χ3n) is 6.02. The molecule has 0 aliphatic heterocycles. The summed E-state index contributed by atoms with van der Waals surface area (Å²) < 4.78 is 24.6. The van der Waals surface area contributed by atoms with Crippen LogP contribution in [0.25, 0.3) is 0 Å². The van der Waals surface area contributed by atoms with E-state index in [9.17, 15) is 9.18 Å². The number of rotatable bonds is 6. The van der Waals surface area contributed by atoms with E-state index in [1.54, 1.807) is 0 Å². The Kier molecular flexibility index (Phi) is 3.57. The summed E-state index contributed by atoms with van der Waals surface area (Å²) in [6.07, 6.45) is 3.54. The maximum absolute atomic E-state index is 13.4. The smallest absolute Gasteiger partial charge is 0.258 e. The van der Waals surface area contributed by atoms with Gasteiger partial charge in [-0.05, 0) is 43.7 Å². The third-order valence-corrected chi connectivity index (χ3v) is 6.32. The standard InChI is InChI=1S/C19H19ClFN3O3/c1-10-4-12(10)16-23-24-17(27-16)18-7-19(8-18,9-18)22-15(25)6-26-11-2-3-13(20)14(21)5-11/h2-3,5,10,12H,4,6-9H2,1H3,(H,22,25)/t10-,12?,18?,19?/m0/s1. The van der Waals surface area contributed by atoms with Crippen molar-refractivity contribution < 1.29 is 18.3 Å². The Labute approximate surface area is 160 Å². The minimum absolute atomic E-state index is 0.0197. The molecule has 1 amide bonds. The Morgan fingerprint density at radius 2 is 2.15 bits per heavy atom. The second-order valence-electron chi connectivity index (χ2n) is 8.27. The first-order chi connectivity index (χ1) is 12.9. The molecule has 1 N–H and O–H groups in total. The zero-order valence-corrected chi connectivity index (χ0v) is 15.6. The van der Waals surface area contributed by atoms with Crippen molar-refractivity contribution in [3.05, 3.63) is 40.8 Å². The Hall–Kier alpha value is -2.15. The zero-order chi connectivity index (χ0) is 18.8. The van der Waals surface area contributed by atoms with Gasteiger partial charge in [0.05, 0.1) is 10.4 Å². The first-order valence-electron chi connectivity index (χ1n) is 9.11. The number of nitrogens with zero attached hydrogens (tertiary/aromatic N) is 2. The molecule has 4 saturated carbocycles. The van der Waals surface area contributed by atoms with Crippen LogP contribution in [0, 0.1) is 11.7 Å². The average Bonchev–Trinajstić information content (AvgIpc) is 3.10. The van der Waals surface area contributed by atoms with Gasteiger partial charge in [0.15, 0.2) is 6.61 Å². The van der Waals surface area contributed by atoms with Crippen molar-refractivity contribution in [3.8, 4) is 5.75 Å². The molecular weight excluding hydrogens is 373 g/mol. The summed E-state index contributed by atoms with van der Waals surface area (Å²) in [6.45, 7) is 2.01. The molecule has 0 saturated heterocycles. The molecule has 0 radical (unpaired) electrons. The molecule has 1 aromatic heterocycles. The summed E-state index contributed by atoms with van der Waals surface area (Å²) in [7, 11) is 0. The van der Waals surface area contributed by atoms with Gasteiger partial charge in [-0.2, -0.15) is 0 Å². The molecule has 2 bridgehead atoms. The van der Waals surface area contributed by atoms with Gasteiger partial charge >= 0.3 is 0 Å². The van der Waals surface area contributed by atoms with Crippen molar-refractivity contribution in [1.29, 1.82) is 0 Å². The van der Waals surface area contributed by atoms with Gasteiger partial charge in [0.1, 0.15) is 11.6 Å². The van der Waals surface area contributed by atoms with E-state index in [1.807, 2.05) is 0 Å². The third kappa shape index (κ3) is 2.79. The van der Waals surface area contributed by atoms with E-state index in [-0.39, 0.29) is 34.2 Å². The number of carbonyl (C=O) groups excluding carboxylic acids is 1. The number of ether oxygens (including phenoxy) is 1. The molecule has 1 unspecified atom stereocenters. The topological polar surface area (TPSA) is 77.2 Å². The van der Waals surface area contributed by atoms with E-state index in [4.69, 9.17) is 20.8 Å². The molecular formula is C19H19ClFN3O3. The predicted octanol–water partition coefficient (Wildman–Crippen LogP) is 3.35. The summed E-state index contributed by atoms with van der Waals surface area (Å²) in [5.74, 6) is 1.98. The number of benzene rings is 1. The van der Waals surface area contributed by atoms with Gasteiger partial charge in [-0.3, -0.25) is 4.79 Å². The van der Waals surface area contributed by atoms with E-state index in [0.717, 1.165) is 31.6 Å². The molecule has 27 heavy (non-hydrogen) atoms. The fourth-order valence-electron chi connectivity index (χ4n) is 4.46. The van der Waals surface area contributed by atoms with Gasteiger partial charge < -0.3 is 14.5 Å². The summed E-state index contributed by atoms with van der Waals surface area (Å²) in [5, 5.41) is 11.5. The van der Waals surface area contributed by atoms with Crippen LogP contribution in [0.1, 0.15) is 50.3 Å². The number of amides is 1. The van der Waals surface area contributed by atoms with Crippen LogP contribution in [0.2, 0.25) is 5.02 Å². The Bertz CT molecular complexity index is 911. The van der Waals surface area contributed by atoms with Crippen molar-refractivity contribution in [2.24, 2.45) is 5.92 Å². The molecule has 6 nitrogen and oxygen atoms in total. The van der Waals surface area contributed by atoms with Gasteiger partial charge in [-0.25, -0.2) is 4.39 Å². The normalized spacial score (nSPS) is 33.0. The van der Waals surface area contributed by atoms with Gasteiger partial charge in [0, 0.05) is 17.5 Å². The van der Waals surface area contributed by atoms with Crippen LogP contribution in [-0.2, 0) is 10.2 Å². The Morgan fingerprint density at radius 3 is 2.81 bits per heavy atom. The van der Waals surface area contributed by atoms with Gasteiger partial charge in [-0.15, -0.1) is 10.2 Å². The number of nitrogens with one attached hydrogen (secondary N) is 1. The number of aromatic nitrogens is 2. The predicted molar refractivity (Wildman–Crippen MR) is 94.1 cm³/mol. The minimum Gasteiger partial charge on any atom is -0.484 e. The van der Waals surface area contributed by atoms with Crippen LogP contribution in [0.4, 0.5) is 4.39 Å². The highest BCUT2D eigenvalue weighted by atomic mass is 35.5. The van der Waals surface area contributed by atoms with Crippen LogP contribution >= 0.6 is 11.6 Å². The minimum atomic E-state index is -0.574. The molecule has 2 atom stereocenters. The van der Waals surface area contributed by atoms with E-state index in [0.29, 0.717) is 17.7 Å². The maximum atomic E-state index is 13.4. The van der Waals surface area contributed by atoms with Gasteiger partial charge in [0.25, 0.3) is 5.91 Å². The lowest BCUT2D eigenvalue weighted by atomic mass is 9.39. The van der Waals surface area contributed by atoms with Crippen molar-refractivity contribution in [1.82, 2.24) is 15.5 Å². The molecule has 4 fully saturated rings. The monoisotopic (exact) mass is 391 g/mol. The molecule has 4 aliphatic rings. The number of halogens is 2. The molecule has 6 rings (SSSR count). The number of hydrogen-bond donors (Lipinski definition) is 1. The lowest BCUT2D eigenvalue weighted by molar-refractivity contribution is -0.143. The van der Waals surface area contributed by atoms with E-state index in [1.165, 1.54) is 18.2 Å². The average molecular weight is 392 g/mol. The molecule has 8 heteroatoms. The summed E-state index contributed by atoms with van der Waals surface area (Å²) in [6, 6.07) is 4.10. The van der Waals surface area contributed by atoms with E-state index < -0.39 is 5.82 Å². The lowest BCUT2D eigenvalue weighted by Gasteiger charge is -2.68. The van der Waals surface area contributed by atoms with Crippen LogP contribution in [0.5, 0.6) is 5.75 Å².